The number of sulfone groups is 1. The third-order valence-electron chi connectivity index (χ3n) is 2.77. The second-order valence-electron chi connectivity index (χ2n) is 4.46. The van der Waals surface area contributed by atoms with Crippen molar-refractivity contribution in [2.24, 2.45) is 0 Å². The van der Waals surface area contributed by atoms with Crippen LogP contribution in [0.2, 0.25) is 0 Å². The summed E-state index contributed by atoms with van der Waals surface area (Å²) in [5, 5.41) is 0.632. The maximum absolute atomic E-state index is 11.8. The summed E-state index contributed by atoms with van der Waals surface area (Å²) in [5.74, 6) is 0.0929. The fourth-order valence-corrected chi connectivity index (χ4v) is 4.25. The molecule has 6 nitrogen and oxygen atoms in total. The van der Waals surface area contributed by atoms with Gasteiger partial charge in [-0.05, 0) is 24.9 Å². The van der Waals surface area contributed by atoms with Gasteiger partial charge in [0.2, 0.25) is 0 Å². The van der Waals surface area contributed by atoms with Gasteiger partial charge in [-0.3, -0.25) is 0 Å². The predicted octanol–water partition coefficient (Wildman–Crippen LogP) is 0.744. The van der Waals surface area contributed by atoms with E-state index in [1.807, 2.05) is 11.8 Å². The van der Waals surface area contributed by atoms with E-state index in [0.717, 1.165) is 30.8 Å². The molecule has 1 saturated heterocycles. The molecule has 18 heavy (non-hydrogen) atoms. The third kappa shape index (κ3) is 2.76. The Morgan fingerprint density at radius 3 is 2.94 bits per heavy atom. The van der Waals surface area contributed by atoms with E-state index in [2.05, 4.69) is 4.37 Å². The molecule has 0 aromatic carbocycles. The lowest BCUT2D eigenvalue weighted by atomic mass is 10.3. The zero-order valence-electron chi connectivity index (χ0n) is 10.4. The summed E-state index contributed by atoms with van der Waals surface area (Å²) in [6, 6.07) is 0. The van der Waals surface area contributed by atoms with Crippen molar-refractivity contribution < 1.29 is 13.2 Å². The van der Waals surface area contributed by atoms with Crippen LogP contribution >= 0.6 is 11.5 Å². The first-order valence-corrected chi connectivity index (χ1v) is 8.38. The van der Waals surface area contributed by atoms with E-state index in [4.69, 9.17) is 10.5 Å². The molecule has 2 N–H and O–H groups in total. The molecule has 0 saturated carbocycles. The molecule has 0 spiro atoms. The molecule has 8 heteroatoms. The Balaban J connectivity index is 2.39. The van der Waals surface area contributed by atoms with Crippen molar-refractivity contribution >= 4 is 32.2 Å². The first kappa shape index (κ1) is 13.6. The minimum absolute atomic E-state index is 0.0724. The number of hydrogen-bond donors (Lipinski definition) is 1. The molecule has 2 rings (SSSR count). The first-order chi connectivity index (χ1) is 8.39. The van der Waals surface area contributed by atoms with Gasteiger partial charge >= 0.3 is 0 Å². The van der Waals surface area contributed by atoms with Gasteiger partial charge in [0.1, 0.15) is 9.90 Å². The first-order valence-electron chi connectivity index (χ1n) is 5.71. The highest BCUT2D eigenvalue weighted by Gasteiger charge is 2.27. The Labute approximate surface area is 111 Å². The maximum atomic E-state index is 11.8. The van der Waals surface area contributed by atoms with Crippen molar-refractivity contribution in [1.29, 1.82) is 0 Å². The van der Waals surface area contributed by atoms with Gasteiger partial charge < -0.3 is 15.4 Å². The summed E-state index contributed by atoms with van der Waals surface area (Å²) in [4.78, 5) is 2.16. The number of anilines is 2. The SMILES string of the molecule is CC1CN(c2snc(N)c2S(C)(=O)=O)CCCO1. The molecule has 1 fully saturated rings. The minimum atomic E-state index is -3.36. The lowest BCUT2D eigenvalue weighted by Gasteiger charge is -2.23. The summed E-state index contributed by atoms with van der Waals surface area (Å²) >= 11 is 1.14. The molecular formula is C10H17N3O3S2. The number of hydrogen-bond acceptors (Lipinski definition) is 7. The zero-order chi connectivity index (χ0) is 13.3. The van der Waals surface area contributed by atoms with Crippen LogP contribution in [0.4, 0.5) is 10.8 Å². The van der Waals surface area contributed by atoms with Gasteiger partial charge in [-0.15, -0.1) is 0 Å². The highest BCUT2D eigenvalue weighted by atomic mass is 32.2. The Kier molecular flexibility index (Phi) is 3.79. The number of nitrogens with two attached hydrogens (primary N) is 1. The monoisotopic (exact) mass is 291 g/mol. The molecule has 1 aromatic rings. The van der Waals surface area contributed by atoms with E-state index in [0.29, 0.717) is 18.2 Å². The number of nitrogens with zero attached hydrogens (tertiary/aromatic N) is 2. The van der Waals surface area contributed by atoms with Crippen LogP contribution in [0.5, 0.6) is 0 Å². The van der Waals surface area contributed by atoms with Crippen LogP contribution in [0.1, 0.15) is 13.3 Å². The van der Waals surface area contributed by atoms with Crippen LogP contribution in [0.3, 0.4) is 0 Å². The zero-order valence-corrected chi connectivity index (χ0v) is 12.1. The molecule has 1 aromatic heterocycles. The van der Waals surface area contributed by atoms with E-state index in [1.165, 1.54) is 0 Å². The average molecular weight is 291 g/mol. The normalized spacial score (nSPS) is 21.9. The van der Waals surface area contributed by atoms with Gasteiger partial charge in [-0.25, -0.2) is 8.42 Å². The van der Waals surface area contributed by atoms with Gasteiger partial charge in [0.05, 0.1) is 6.10 Å². The molecule has 1 aliphatic heterocycles. The topological polar surface area (TPSA) is 85.5 Å². The van der Waals surface area contributed by atoms with Crippen LogP contribution in [-0.4, -0.2) is 44.8 Å². The molecule has 1 atom stereocenters. The third-order valence-corrected chi connectivity index (χ3v) is 4.96. The number of nitrogen functional groups attached to an aromatic ring is 1. The van der Waals surface area contributed by atoms with E-state index >= 15 is 0 Å². The Bertz CT molecular complexity index is 526. The summed E-state index contributed by atoms with van der Waals surface area (Å²) < 4.78 is 33.1. The fourth-order valence-electron chi connectivity index (χ4n) is 2.01. The molecule has 0 aliphatic carbocycles. The molecule has 0 amide bonds. The number of ether oxygens (including phenoxy) is 1. The van der Waals surface area contributed by atoms with Crippen molar-refractivity contribution in [3.8, 4) is 0 Å². The standard InChI is InChI=1S/C10H17N3O3S2/c1-7-6-13(4-3-5-16-7)10-8(18(2,14)15)9(11)12-17-10/h7H,3-6H2,1-2H3,(H2,11,12). The van der Waals surface area contributed by atoms with Gasteiger partial charge in [0.15, 0.2) is 15.7 Å². The van der Waals surface area contributed by atoms with Crippen molar-refractivity contribution in [2.75, 3.05) is 36.6 Å². The minimum Gasteiger partial charge on any atom is -0.382 e. The molecule has 0 bridgehead atoms. The van der Waals surface area contributed by atoms with Crippen LogP contribution in [-0.2, 0) is 14.6 Å². The molecule has 102 valence electrons. The predicted molar refractivity (Wildman–Crippen MR) is 71.9 cm³/mol. The van der Waals surface area contributed by atoms with E-state index in [9.17, 15) is 8.42 Å². The molecule has 1 unspecified atom stereocenters. The molecule has 2 heterocycles. The van der Waals surface area contributed by atoms with Crippen molar-refractivity contribution in [3.63, 3.8) is 0 Å². The van der Waals surface area contributed by atoms with Crippen molar-refractivity contribution in [3.05, 3.63) is 0 Å². The van der Waals surface area contributed by atoms with E-state index in [-0.39, 0.29) is 16.8 Å². The summed E-state index contributed by atoms with van der Waals surface area (Å²) in [7, 11) is -3.36. The molecular weight excluding hydrogens is 274 g/mol. The quantitative estimate of drug-likeness (QED) is 0.865. The van der Waals surface area contributed by atoms with E-state index in [1.54, 1.807) is 0 Å². The smallest absolute Gasteiger partial charge is 0.182 e. The number of aromatic nitrogens is 1. The Hall–Kier alpha value is -0.860. The van der Waals surface area contributed by atoms with Gasteiger partial charge in [-0.1, -0.05) is 0 Å². The van der Waals surface area contributed by atoms with Crippen molar-refractivity contribution in [2.45, 2.75) is 24.3 Å². The highest BCUT2D eigenvalue weighted by molar-refractivity contribution is 7.91. The Morgan fingerprint density at radius 1 is 1.56 bits per heavy atom. The van der Waals surface area contributed by atoms with Gasteiger partial charge in [0, 0.05) is 26.0 Å². The van der Waals surface area contributed by atoms with Crippen LogP contribution in [0, 0.1) is 0 Å². The van der Waals surface area contributed by atoms with Crippen molar-refractivity contribution in [1.82, 2.24) is 4.37 Å². The summed E-state index contributed by atoms with van der Waals surface area (Å²) in [6.07, 6.45) is 2.10. The average Bonchev–Trinajstić information content (AvgIpc) is 2.51. The number of rotatable bonds is 2. The molecule has 0 radical (unpaired) electrons. The largest absolute Gasteiger partial charge is 0.382 e. The lowest BCUT2D eigenvalue weighted by molar-refractivity contribution is 0.0821. The summed E-state index contributed by atoms with van der Waals surface area (Å²) in [6.45, 7) is 4.08. The van der Waals surface area contributed by atoms with Gasteiger partial charge in [0.25, 0.3) is 0 Å². The second-order valence-corrected chi connectivity index (χ2v) is 7.16. The van der Waals surface area contributed by atoms with E-state index < -0.39 is 9.84 Å². The maximum Gasteiger partial charge on any atom is 0.182 e. The lowest BCUT2D eigenvalue weighted by Crippen LogP contribution is -2.30. The molecule has 1 aliphatic rings. The van der Waals surface area contributed by atoms with Crippen LogP contribution in [0.25, 0.3) is 0 Å². The van der Waals surface area contributed by atoms with Gasteiger partial charge in [-0.2, -0.15) is 4.37 Å². The fraction of sp³-hybridized carbons (Fsp3) is 0.700. The Morgan fingerprint density at radius 2 is 2.28 bits per heavy atom. The van der Waals surface area contributed by atoms with Crippen LogP contribution < -0.4 is 10.6 Å². The second kappa shape index (κ2) is 5.02. The summed E-state index contributed by atoms with van der Waals surface area (Å²) in [5.41, 5.74) is 5.67. The van der Waals surface area contributed by atoms with Crippen LogP contribution in [0.15, 0.2) is 4.90 Å². The highest BCUT2D eigenvalue weighted by Crippen LogP contribution is 2.35.